The molecule has 1 heterocycles. The zero-order valence-corrected chi connectivity index (χ0v) is 10.1. The van der Waals surface area contributed by atoms with Gasteiger partial charge in [0.25, 0.3) is 0 Å². The SMILES string of the molecule is CC(O)(CCCc1ccccc1)c1ccoc1. The molecule has 1 atom stereocenters. The Balaban J connectivity index is 1.86. The lowest BCUT2D eigenvalue weighted by atomic mass is 9.92. The Kier molecular flexibility index (Phi) is 3.64. The minimum atomic E-state index is -0.790. The van der Waals surface area contributed by atoms with E-state index in [1.807, 2.05) is 31.2 Å². The molecule has 0 radical (unpaired) electrons. The molecule has 0 fully saturated rings. The number of hydrogen-bond acceptors (Lipinski definition) is 2. The van der Waals surface area contributed by atoms with Gasteiger partial charge >= 0.3 is 0 Å². The van der Waals surface area contributed by atoms with Crippen molar-refractivity contribution in [3.8, 4) is 0 Å². The average Bonchev–Trinajstić information content (AvgIpc) is 2.84. The van der Waals surface area contributed by atoms with E-state index < -0.39 is 5.60 Å². The van der Waals surface area contributed by atoms with Gasteiger partial charge in [-0.15, -0.1) is 0 Å². The molecule has 0 saturated heterocycles. The first kappa shape index (κ1) is 11.9. The van der Waals surface area contributed by atoms with Crippen LogP contribution in [0, 0.1) is 0 Å². The van der Waals surface area contributed by atoms with Crippen LogP contribution < -0.4 is 0 Å². The summed E-state index contributed by atoms with van der Waals surface area (Å²) < 4.78 is 5.01. The number of aliphatic hydroxyl groups is 1. The van der Waals surface area contributed by atoms with E-state index in [0.717, 1.165) is 24.8 Å². The maximum absolute atomic E-state index is 10.3. The maximum Gasteiger partial charge on any atom is 0.0963 e. The molecule has 0 spiro atoms. The molecule has 2 rings (SSSR count). The lowest BCUT2D eigenvalue weighted by Crippen LogP contribution is -2.20. The van der Waals surface area contributed by atoms with Crippen LogP contribution in [0.5, 0.6) is 0 Å². The quantitative estimate of drug-likeness (QED) is 0.852. The third-order valence-electron chi connectivity index (χ3n) is 3.11. The van der Waals surface area contributed by atoms with Crippen molar-refractivity contribution >= 4 is 0 Å². The molecule has 2 nitrogen and oxygen atoms in total. The van der Waals surface area contributed by atoms with Gasteiger partial charge in [0.15, 0.2) is 0 Å². The molecule has 2 aromatic rings. The molecule has 0 aliphatic carbocycles. The highest BCUT2D eigenvalue weighted by Crippen LogP contribution is 2.26. The van der Waals surface area contributed by atoms with Crippen LogP contribution in [0.3, 0.4) is 0 Å². The number of rotatable bonds is 5. The second kappa shape index (κ2) is 5.19. The highest BCUT2D eigenvalue weighted by molar-refractivity contribution is 5.16. The van der Waals surface area contributed by atoms with Gasteiger partial charge in [0.05, 0.1) is 18.1 Å². The van der Waals surface area contributed by atoms with Crippen molar-refractivity contribution in [1.82, 2.24) is 0 Å². The summed E-state index contributed by atoms with van der Waals surface area (Å²) in [5, 5.41) is 10.3. The molecule has 1 aromatic heterocycles. The van der Waals surface area contributed by atoms with E-state index in [1.54, 1.807) is 12.5 Å². The van der Waals surface area contributed by atoms with Gasteiger partial charge in [-0.1, -0.05) is 30.3 Å². The lowest BCUT2D eigenvalue weighted by Gasteiger charge is -2.21. The Bertz CT molecular complexity index is 429. The van der Waals surface area contributed by atoms with E-state index in [1.165, 1.54) is 5.56 Å². The summed E-state index contributed by atoms with van der Waals surface area (Å²) in [6.45, 7) is 1.84. The summed E-state index contributed by atoms with van der Waals surface area (Å²) in [6, 6.07) is 12.2. The number of benzene rings is 1. The minimum absolute atomic E-state index is 0.738. The molecular weight excluding hydrogens is 212 g/mol. The molecule has 2 heteroatoms. The summed E-state index contributed by atoms with van der Waals surface area (Å²) in [5.74, 6) is 0. The van der Waals surface area contributed by atoms with Crippen LogP contribution in [-0.2, 0) is 12.0 Å². The van der Waals surface area contributed by atoms with Gasteiger partial charge in [0, 0.05) is 5.56 Å². The highest BCUT2D eigenvalue weighted by Gasteiger charge is 2.23. The van der Waals surface area contributed by atoms with Crippen LogP contribution in [0.4, 0.5) is 0 Å². The molecule has 0 aliphatic heterocycles. The van der Waals surface area contributed by atoms with Gasteiger partial charge < -0.3 is 9.52 Å². The van der Waals surface area contributed by atoms with E-state index >= 15 is 0 Å². The van der Waals surface area contributed by atoms with Crippen LogP contribution in [0.15, 0.2) is 53.3 Å². The maximum atomic E-state index is 10.3. The fraction of sp³-hybridized carbons (Fsp3) is 0.333. The summed E-state index contributed by atoms with van der Waals surface area (Å²) in [5.41, 5.74) is 1.38. The highest BCUT2D eigenvalue weighted by atomic mass is 16.3. The third-order valence-corrected chi connectivity index (χ3v) is 3.11. The fourth-order valence-corrected chi connectivity index (χ4v) is 2.00. The van der Waals surface area contributed by atoms with Gasteiger partial charge in [-0.25, -0.2) is 0 Å². The predicted molar refractivity (Wildman–Crippen MR) is 67.7 cm³/mol. The first-order chi connectivity index (χ1) is 8.18. The zero-order valence-electron chi connectivity index (χ0n) is 10.1. The second-order valence-electron chi connectivity index (χ2n) is 4.63. The van der Waals surface area contributed by atoms with Crippen molar-refractivity contribution < 1.29 is 9.52 Å². The Labute approximate surface area is 102 Å². The van der Waals surface area contributed by atoms with Gasteiger partial charge in [0.2, 0.25) is 0 Å². The Hall–Kier alpha value is -1.54. The molecule has 1 unspecified atom stereocenters. The second-order valence-corrected chi connectivity index (χ2v) is 4.63. The smallest absolute Gasteiger partial charge is 0.0963 e. The van der Waals surface area contributed by atoms with Crippen molar-refractivity contribution in [3.63, 3.8) is 0 Å². The summed E-state index contributed by atoms with van der Waals surface area (Å²) in [7, 11) is 0. The molecule has 1 N–H and O–H groups in total. The molecular formula is C15H18O2. The average molecular weight is 230 g/mol. The number of aryl methyl sites for hydroxylation is 1. The van der Waals surface area contributed by atoms with Crippen molar-refractivity contribution in [2.24, 2.45) is 0 Å². The fourth-order valence-electron chi connectivity index (χ4n) is 2.00. The number of hydrogen-bond donors (Lipinski definition) is 1. The standard InChI is InChI=1S/C15H18O2/c1-15(16,14-9-11-17-12-14)10-5-8-13-6-3-2-4-7-13/h2-4,6-7,9,11-12,16H,5,8,10H2,1H3. The Morgan fingerprint density at radius 2 is 1.94 bits per heavy atom. The summed E-state index contributed by atoms with van der Waals surface area (Å²) >= 11 is 0. The Morgan fingerprint density at radius 3 is 2.59 bits per heavy atom. The number of furan rings is 1. The summed E-state index contributed by atoms with van der Waals surface area (Å²) in [6.07, 6.45) is 5.90. The van der Waals surface area contributed by atoms with Crippen molar-refractivity contribution in [2.75, 3.05) is 0 Å². The van der Waals surface area contributed by atoms with Gasteiger partial charge in [-0.3, -0.25) is 0 Å². The predicted octanol–water partition coefficient (Wildman–Crippen LogP) is 3.51. The first-order valence-corrected chi connectivity index (χ1v) is 5.97. The molecule has 0 aliphatic rings. The van der Waals surface area contributed by atoms with E-state index in [2.05, 4.69) is 12.1 Å². The van der Waals surface area contributed by atoms with Crippen molar-refractivity contribution in [2.45, 2.75) is 31.8 Å². The largest absolute Gasteiger partial charge is 0.472 e. The molecule has 17 heavy (non-hydrogen) atoms. The van der Waals surface area contributed by atoms with E-state index in [-0.39, 0.29) is 0 Å². The van der Waals surface area contributed by atoms with Crippen molar-refractivity contribution in [3.05, 3.63) is 60.1 Å². The molecule has 0 saturated carbocycles. The Morgan fingerprint density at radius 1 is 1.18 bits per heavy atom. The topological polar surface area (TPSA) is 33.4 Å². The normalized spacial score (nSPS) is 14.5. The van der Waals surface area contributed by atoms with Crippen LogP contribution in [-0.4, -0.2) is 5.11 Å². The monoisotopic (exact) mass is 230 g/mol. The molecule has 90 valence electrons. The van der Waals surface area contributed by atoms with E-state index in [4.69, 9.17) is 4.42 Å². The van der Waals surface area contributed by atoms with Crippen LogP contribution in [0.25, 0.3) is 0 Å². The minimum Gasteiger partial charge on any atom is -0.472 e. The van der Waals surface area contributed by atoms with Crippen LogP contribution in [0.2, 0.25) is 0 Å². The van der Waals surface area contributed by atoms with Crippen LogP contribution in [0.1, 0.15) is 30.9 Å². The van der Waals surface area contributed by atoms with Gasteiger partial charge in [0.1, 0.15) is 0 Å². The lowest BCUT2D eigenvalue weighted by molar-refractivity contribution is 0.0451. The van der Waals surface area contributed by atoms with E-state index in [9.17, 15) is 5.11 Å². The molecule has 1 aromatic carbocycles. The zero-order chi connectivity index (χ0) is 12.1. The van der Waals surface area contributed by atoms with E-state index in [0.29, 0.717) is 0 Å². The molecule has 0 bridgehead atoms. The van der Waals surface area contributed by atoms with Crippen molar-refractivity contribution in [1.29, 1.82) is 0 Å². The van der Waals surface area contributed by atoms with Crippen LogP contribution >= 0.6 is 0 Å². The third kappa shape index (κ3) is 3.21. The van der Waals surface area contributed by atoms with Gasteiger partial charge in [-0.05, 0) is 37.8 Å². The molecule has 0 amide bonds. The summed E-state index contributed by atoms with van der Waals surface area (Å²) in [4.78, 5) is 0. The first-order valence-electron chi connectivity index (χ1n) is 5.97. The van der Waals surface area contributed by atoms with Gasteiger partial charge in [-0.2, -0.15) is 0 Å².